The number of carboxylic acid groups (broad SMARTS) is 1. The van der Waals surface area contributed by atoms with E-state index >= 15 is 0 Å². The summed E-state index contributed by atoms with van der Waals surface area (Å²) in [4.78, 5) is 22.9. The van der Waals surface area contributed by atoms with Gasteiger partial charge in [-0.15, -0.1) is 0 Å². The Kier molecular flexibility index (Phi) is 4.82. The minimum absolute atomic E-state index is 0.177. The van der Waals surface area contributed by atoms with Gasteiger partial charge in [0.2, 0.25) is 15.9 Å². The minimum Gasteiger partial charge on any atom is -0.481 e. The molecular weight excluding hydrogens is 308 g/mol. The van der Waals surface area contributed by atoms with Gasteiger partial charge in [-0.05, 0) is 30.5 Å². The third-order valence-electron chi connectivity index (χ3n) is 3.69. The first-order valence-electron chi connectivity index (χ1n) is 6.83. The summed E-state index contributed by atoms with van der Waals surface area (Å²) in [7, 11) is -3.25. The minimum atomic E-state index is -3.25. The van der Waals surface area contributed by atoms with Gasteiger partial charge in [-0.3, -0.25) is 9.59 Å². The number of carbonyl (C=O) groups excluding carboxylic acids is 1. The van der Waals surface area contributed by atoms with Gasteiger partial charge in [-0.25, -0.2) is 13.1 Å². The number of anilines is 1. The summed E-state index contributed by atoms with van der Waals surface area (Å²) < 4.78 is 24.4. The zero-order valence-electron chi connectivity index (χ0n) is 12.1. The highest BCUT2D eigenvalue weighted by Gasteiger charge is 2.41. The largest absolute Gasteiger partial charge is 0.481 e. The van der Waals surface area contributed by atoms with Gasteiger partial charge < -0.3 is 10.4 Å². The van der Waals surface area contributed by atoms with Crippen LogP contribution in [0.1, 0.15) is 18.4 Å². The molecule has 7 nitrogen and oxygen atoms in total. The molecular formula is C14H18N2O5S. The normalized spacial score (nSPS) is 21.0. The number of sulfonamides is 1. The van der Waals surface area contributed by atoms with Gasteiger partial charge in [-0.2, -0.15) is 0 Å². The molecule has 0 aliphatic heterocycles. The van der Waals surface area contributed by atoms with Gasteiger partial charge in [0, 0.05) is 12.2 Å². The molecule has 2 rings (SSSR count). The van der Waals surface area contributed by atoms with Crippen LogP contribution >= 0.6 is 0 Å². The third kappa shape index (κ3) is 4.28. The van der Waals surface area contributed by atoms with Crippen LogP contribution in [-0.2, 0) is 26.2 Å². The molecule has 3 N–H and O–H groups in total. The Labute approximate surface area is 128 Å². The Hall–Kier alpha value is -1.93. The second-order valence-electron chi connectivity index (χ2n) is 5.41. The van der Waals surface area contributed by atoms with Crippen LogP contribution in [0.4, 0.5) is 5.69 Å². The molecule has 1 fully saturated rings. The molecule has 8 heteroatoms. The molecule has 1 aromatic carbocycles. The van der Waals surface area contributed by atoms with Crippen molar-refractivity contribution in [3.05, 3.63) is 29.8 Å². The van der Waals surface area contributed by atoms with E-state index in [-0.39, 0.29) is 12.5 Å². The second-order valence-corrected chi connectivity index (χ2v) is 7.24. The topological polar surface area (TPSA) is 113 Å². The lowest BCUT2D eigenvalue weighted by molar-refractivity contribution is -0.151. The number of carboxylic acids is 1. The van der Waals surface area contributed by atoms with Gasteiger partial charge in [0.1, 0.15) is 0 Å². The van der Waals surface area contributed by atoms with Crippen molar-refractivity contribution in [3.8, 4) is 0 Å². The number of benzene rings is 1. The molecule has 0 radical (unpaired) electrons. The van der Waals surface area contributed by atoms with Crippen molar-refractivity contribution < 1.29 is 23.1 Å². The molecule has 1 aromatic rings. The number of hydrogen-bond donors (Lipinski definition) is 3. The molecule has 0 bridgehead atoms. The Bertz CT molecular complexity index is 669. The zero-order chi connectivity index (χ0) is 16.3. The first-order chi connectivity index (χ1) is 10.3. The average molecular weight is 326 g/mol. The standard InChI is InChI=1S/C14H18N2O5S/c1-22(20,21)15-8-9-2-4-10(5-3-9)16-13(17)11-6-7-12(11)14(18)19/h2-5,11-12,15H,6-8H2,1H3,(H,16,17)(H,18,19). The van der Waals surface area contributed by atoms with Gasteiger partial charge >= 0.3 is 5.97 Å². The molecule has 0 saturated heterocycles. The predicted molar refractivity (Wildman–Crippen MR) is 80.6 cm³/mol. The van der Waals surface area contributed by atoms with Crippen molar-refractivity contribution in [2.75, 3.05) is 11.6 Å². The molecule has 1 aliphatic carbocycles. The van der Waals surface area contributed by atoms with E-state index < -0.39 is 27.8 Å². The molecule has 1 aliphatic rings. The van der Waals surface area contributed by atoms with Gasteiger partial charge in [0.05, 0.1) is 18.1 Å². The SMILES string of the molecule is CS(=O)(=O)NCc1ccc(NC(=O)C2CCC2C(=O)O)cc1. The summed E-state index contributed by atoms with van der Waals surface area (Å²) in [5, 5.41) is 11.6. The van der Waals surface area contributed by atoms with Crippen LogP contribution in [0.3, 0.4) is 0 Å². The van der Waals surface area contributed by atoms with Crippen molar-refractivity contribution in [1.82, 2.24) is 4.72 Å². The highest BCUT2D eigenvalue weighted by Crippen LogP contribution is 2.35. The maximum atomic E-state index is 12.0. The lowest BCUT2D eigenvalue weighted by Gasteiger charge is -2.31. The quantitative estimate of drug-likeness (QED) is 0.715. The lowest BCUT2D eigenvalue weighted by Crippen LogP contribution is -2.41. The van der Waals surface area contributed by atoms with E-state index in [1.54, 1.807) is 24.3 Å². The van der Waals surface area contributed by atoms with Crippen molar-refractivity contribution in [2.24, 2.45) is 11.8 Å². The molecule has 0 heterocycles. The van der Waals surface area contributed by atoms with Crippen LogP contribution in [-0.4, -0.2) is 31.7 Å². The Morgan fingerprint density at radius 2 is 1.77 bits per heavy atom. The van der Waals surface area contributed by atoms with Gasteiger partial charge in [0.15, 0.2) is 0 Å². The molecule has 1 amide bonds. The molecule has 22 heavy (non-hydrogen) atoms. The number of rotatable bonds is 6. The van der Waals surface area contributed by atoms with Crippen LogP contribution in [0.15, 0.2) is 24.3 Å². The Morgan fingerprint density at radius 1 is 1.18 bits per heavy atom. The molecule has 120 valence electrons. The van der Waals surface area contributed by atoms with Crippen molar-refractivity contribution in [2.45, 2.75) is 19.4 Å². The van der Waals surface area contributed by atoms with Crippen LogP contribution in [0.2, 0.25) is 0 Å². The fourth-order valence-electron chi connectivity index (χ4n) is 2.26. The summed E-state index contributed by atoms with van der Waals surface area (Å²) in [5.41, 5.74) is 1.32. The summed E-state index contributed by atoms with van der Waals surface area (Å²) in [6.45, 7) is 0.177. The van der Waals surface area contributed by atoms with E-state index in [0.717, 1.165) is 11.8 Å². The summed E-state index contributed by atoms with van der Waals surface area (Å²) >= 11 is 0. The molecule has 2 unspecified atom stereocenters. The molecule has 2 atom stereocenters. The van der Waals surface area contributed by atoms with E-state index in [9.17, 15) is 18.0 Å². The Balaban J connectivity index is 1.91. The monoisotopic (exact) mass is 326 g/mol. The molecule has 0 spiro atoms. The maximum Gasteiger partial charge on any atom is 0.307 e. The van der Waals surface area contributed by atoms with E-state index in [1.165, 1.54) is 0 Å². The first kappa shape index (κ1) is 16.4. The highest BCUT2D eigenvalue weighted by molar-refractivity contribution is 7.88. The van der Waals surface area contributed by atoms with E-state index in [4.69, 9.17) is 5.11 Å². The number of nitrogens with one attached hydrogen (secondary N) is 2. The highest BCUT2D eigenvalue weighted by atomic mass is 32.2. The molecule has 1 saturated carbocycles. The van der Waals surface area contributed by atoms with Crippen LogP contribution in [0, 0.1) is 11.8 Å². The number of amides is 1. The zero-order valence-corrected chi connectivity index (χ0v) is 12.9. The van der Waals surface area contributed by atoms with Crippen molar-refractivity contribution in [1.29, 1.82) is 0 Å². The number of carbonyl (C=O) groups is 2. The Morgan fingerprint density at radius 3 is 2.23 bits per heavy atom. The van der Waals surface area contributed by atoms with Crippen LogP contribution in [0.5, 0.6) is 0 Å². The summed E-state index contributed by atoms with van der Waals surface area (Å²) in [5.74, 6) is -2.31. The first-order valence-corrected chi connectivity index (χ1v) is 8.72. The van der Waals surface area contributed by atoms with E-state index in [1.807, 2.05) is 0 Å². The van der Waals surface area contributed by atoms with Crippen molar-refractivity contribution >= 4 is 27.6 Å². The summed E-state index contributed by atoms with van der Waals surface area (Å²) in [6, 6.07) is 6.71. The fourth-order valence-corrected chi connectivity index (χ4v) is 2.69. The van der Waals surface area contributed by atoms with E-state index in [0.29, 0.717) is 18.5 Å². The van der Waals surface area contributed by atoms with Crippen molar-refractivity contribution in [3.63, 3.8) is 0 Å². The molecule has 0 aromatic heterocycles. The third-order valence-corrected chi connectivity index (χ3v) is 4.36. The predicted octanol–water partition coefficient (Wildman–Crippen LogP) is 0.785. The summed E-state index contributed by atoms with van der Waals surface area (Å²) in [6.07, 6.45) is 2.20. The van der Waals surface area contributed by atoms with Crippen LogP contribution < -0.4 is 10.0 Å². The average Bonchev–Trinajstić information content (AvgIpc) is 2.34. The number of hydrogen-bond acceptors (Lipinski definition) is 4. The van der Waals surface area contributed by atoms with E-state index in [2.05, 4.69) is 10.0 Å². The van der Waals surface area contributed by atoms with Gasteiger partial charge in [-0.1, -0.05) is 12.1 Å². The number of aliphatic carboxylic acids is 1. The van der Waals surface area contributed by atoms with Crippen LogP contribution in [0.25, 0.3) is 0 Å². The second kappa shape index (κ2) is 6.45. The maximum absolute atomic E-state index is 12.0. The fraction of sp³-hybridized carbons (Fsp3) is 0.429. The smallest absolute Gasteiger partial charge is 0.307 e. The van der Waals surface area contributed by atoms with Gasteiger partial charge in [0.25, 0.3) is 0 Å². The lowest BCUT2D eigenvalue weighted by atomic mass is 9.73.